The predicted octanol–water partition coefficient (Wildman–Crippen LogP) is 0.0262. The minimum absolute atomic E-state index is 0.0117. The van der Waals surface area contributed by atoms with Gasteiger partial charge in [-0.1, -0.05) is 44.2 Å². The minimum Gasteiger partial charge on any atom is -0.481 e. The van der Waals surface area contributed by atoms with Crippen molar-refractivity contribution in [2.75, 3.05) is 0 Å². The number of nitrogens with two attached hydrogens (primary N) is 1. The molecular weight excluding hydrogens is 444 g/mol. The van der Waals surface area contributed by atoms with E-state index in [4.69, 9.17) is 10.8 Å². The van der Waals surface area contributed by atoms with Gasteiger partial charge in [0.05, 0.1) is 6.04 Å². The van der Waals surface area contributed by atoms with Gasteiger partial charge in [0.25, 0.3) is 0 Å². The van der Waals surface area contributed by atoms with Crippen LogP contribution in [0.25, 0.3) is 0 Å². The van der Waals surface area contributed by atoms with Gasteiger partial charge >= 0.3 is 11.9 Å². The molecule has 0 saturated heterocycles. The summed E-state index contributed by atoms with van der Waals surface area (Å²) in [6.07, 6.45) is -0.0549. The van der Waals surface area contributed by atoms with Gasteiger partial charge in [-0.25, -0.2) is 4.79 Å². The Morgan fingerprint density at radius 2 is 1.44 bits per heavy atom. The summed E-state index contributed by atoms with van der Waals surface area (Å²) in [5, 5.41) is 25.6. The van der Waals surface area contributed by atoms with E-state index < -0.39 is 53.8 Å². The lowest BCUT2D eigenvalue weighted by atomic mass is 10.0. The second-order valence-electron chi connectivity index (χ2n) is 8.55. The van der Waals surface area contributed by atoms with Gasteiger partial charge in [-0.3, -0.25) is 19.2 Å². The predicted molar refractivity (Wildman–Crippen MR) is 124 cm³/mol. The second-order valence-corrected chi connectivity index (χ2v) is 8.55. The normalized spacial score (nSPS) is 14.4. The summed E-state index contributed by atoms with van der Waals surface area (Å²) in [6.45, 7) is 5.09. The fourth-order valence-corrected chi connectivity index (χ4v) is 3.12. The Kier molecular flexibility index (Phi) is 11.7. The highest BCUT2D eigenvalue weighted by Gasteiger charge is 2.29. The number of nitrogens with one attached hydrogen (secondary N) is 3. The number of benzene rings is 1. The zero-order valence-corrected chi connectivity index (χ0v) is 19.6. The van der Waals surface area contributed by atoms with E-state index >= 15 is 0 Å². The van der Waals surface area contributed by atoms with Crippen molar-refractivity contribution in [3.8, 4) is 0 Å². The fraction of sp³-hybridized carbons (Fsp3) is 0.522. The Bertz CT molecular complexity index is 860. The molecule has 0 radical (unpaired) electrons. The van der Waals surface area contributed by atoms with Crippen molar-refractivity contribution in [2.45, 2.75) is 70.6 Å². The van der Waals surface area contributed by atoms with E-state index in [1.54, 1.807) is 30.3 Å². The quantitative estimate of drug-likeness (QED) is 0.216. The van der Waals surface area contributed by atoms with E-state index in [9.17, 15) is 29.1 Å². The summed E-state index contributed by atoms with van der Waals surface area (Å²) < 4.78 is 0. The van der Waals surface area contributed by atoms with Crippen molar-refractivity contribution in [3.63, 3.8) is 0 Å². The lowest BCUT2D eigenvalue weighted by Gasteiger charge is -2.24. The molecule has 1 aromatic rings. The molecule has 0 heterocycles. The highest BCUT2D eigenvalue weighted by molar-refractivity contribution is 5.94. The zero-order valence-electron chi connectivity index (χ0n) is 19.6. The van der Waals surface area contributed by atoms with Crippen LogP contribution >= 0.6 is 0 Å². The molecule has 0 spiro atoms. The van der Waals surface area contributed by atoms with Crippen LogP contribution in [0.3, 0.4) is 0 Å². The third-order valence-corrected chi connectivity index (χ3v) is 5.00. The van der Waals surface area contributed by atoms with Crippen LogP contribution in [-0.2, 0) is 30.4 Å². The second kappa shape index (κ2) is 13.9. The Morgan fingerprint density at radius 3 is 1.97 bits per heavy atom. The van der Waals surface area contributed by atoms with Crippen molar-refractivity contribution in [1.29, 1.82) is 0 Å². The molecule has 4 atom stereocenters. The summed E-state index contributed by atoms with van der Waals surface area (Å²) in [4.78, 5) is 59.9. The first-order chi connectivity index (χ1) is 15.9. The molecule has 7 N–H and O–H groups in total. The summed E-state index contributed by atoms with van der Waals surface area (Å²) in [6, 6.07) is 4.44. The van der Waals surface area contributed by atoms with Crippen LogP contribution in [0.4, 0.5) is 0 Å². The Morgan fingerprint density at radius 1 is 0.853 bits per heavy atom. The third kappa shape index (κ3) is 10.4. The van der Waals surface area contributed by atoms with Crippen molar-refractivity contribution in [1.82, 2.24) is 16.0 Å². The average Bonchev–Trinajstić information content (AvgIpc) is 2.76. The molecule has 11 heteroatoms. The number of carbonyl (C=O) groups excluding carboxylic acids is 3. The smallest absolute Gasteiger partial charge is 0.326 e. The molecule has 1 rings (SSSR count). The number of amides is 3. The van der Waals surface area contributed by atoms with Gasteiger partial charge in [-0.2, -0.15) is 0 Å². The van der Waals surface area contributed by atoms with Gasteiger partial charge in [0.2, 0.25) is 17.7 Å². The molecule has 0 aromatic heterocycles. The monoisotopic (exact) mass is 478 g/mol. The van der Waals surface area contributed by atoms with E-state index in [-0.39, 0.29) is 31.6 Å². The van der Waals surface area contributed by atoms with Crippen LogP contribution in [-0.4, -0.2) is 64.0 Å². The molecule has 0 aliphatic carbocycles. The maximum atomic E-state index is 12.8. The lowest BCUT2D eigenvalue weighted by Crippen LogP contribution is -2.56. The number of rotatable bonds is 14. The molecule has 0 unspecified atom stereocenters. The maximum absolute atomic E-state index is 12.8. The van der Waals surface area contributed by atoms with Crippen LogP contribution in [0.15, 0.2) is 30.3 Å². The Labute approximate surface area is 198 Å². The molecule has 188 valence electrons. The first kappa shape index (κ1) is 28.6. The van der Waals surface area contributed by atoms with Crippen LogP contribution in [0.1, 0.15) is 45.6 Å². The number of hydrogen-bond donors (Lipinski definition) is 6. The van der Waals surface area contributed by atoms with E-state index in [2.05, 4.69) is 16.0 Å². The third-order valence-electron chi connectivity index (χ3n) is 5.00. The van der Waals surface area contributed by atoms with Crippen LogP contribution in [0.2, 0.25) is 0 Å². The largest absolute Gasteiger partial charge is 0.481 e. The summed E-state index contributed by atoms with van der Waals surface area (Å²) in [7, 11) is 0. The average molecular weight is 479 g/mol. The van der Waals surface area contributed by atoms with Crippen molar-refractivity contribution >= 4 is 29.7 Å². The lowest BCUT2D eigenvalue weighted by molar-refractivity contribution is -0.142. The number of carbonyl (C=O) groups is 5. The minimum atomic E-state index is -1.21. The van der Waals surface area contributed by atoms with Gasteiger partial charge in [0.15, 0.2) is 0 Å². The van der Waals surface area contributed by atoms with Gasteiger partial charge in [-0.05, 0) is 31.2 Å². The molecule has 1 aromatic carbocycles. The SMILES string of the molecule is CC(C)C[C@H](NC(=O)[C@@H](N)CCC(=O)O)C(=O)N[C@@H](C)C(=O)N[C@@H](Cc1ccccc1)C(=O)O. The molecule has 0 saturated carbocycles. The molecule has 34 heavy (non-hydrogen) atoms. The number of hydrogen-bond acceptors (Lipinski definition) is 6. The highest BCUT2D eigenvalue weighted by atomic mass is 16.4. The summed E-state index contributed by atoms with van der Waals surface area (Å²) in [5.74, 6) is -4.29. The van der Waals surface area contributed by atoms with Crippen molar-refractivity contribution in [3.05, 3.63) is 35.9 Å². The molecule has 11 nitrogen and oxygen atoms in total. The van der Waals surface area contributed by atoms with Crippen molar-refractivity contribution < 1.29 is 34.2 Å². The van der Waals surface area contributed by atoms with Gasteiger partial charge in [-0.15, -0.1) is 0 Å². The maximum Gasteiger partial charge on any atom is 0.326 e. The van der Waals surface area contributed by atoms with Gasteiger partial charge in [0.1, 0.15) is 18.1 Å². The van der Waals surface area contributed by atoms with Crippen LogP contribution in [0.5, 0.6) is 0 Å². The number of carboxylic acid groups (broad SMARTS) is 2. The Hall–Kier alpha value is -3.47. The Balaban J connectivity index is 2.76. The molecule has 0 aliphatic rings. The fourth-order valence-electron chi connectivity index (χ4n) is 3.12. The van der Waals surface area contributed by atoms with Crippen molar-refractivity contribution in [2.24, 2.45) is 11.7 Å². The highest BCUT2D eigenvalue weighted by Crippen LogP contribution is 2.07. The van der Waals surface area contributed by atoms with Crippen LogP contribution in [0, 0.1) is 5.92 Å². The molecule has 0 bridgehead atoms. The van der Waals surface area contributed by atoms with E-state index in [1.165, 1.54) is 6.92 Å². The zero-order chi connectivity index (χ0) is 25.8. The summed E-state index contributed by atoms with van der Waals surface area (Å²) in [5.41, 5.74) is 6.44. The molecule has 0 aliphatic heterocycles. The molecule has 3 amide bonds. The topological polar surface area (TPSA) is 188 Å². The van der Waals surface area contributed by atoms with E-state index in [1.807, 2.05) is 13.8 Å². The van der Waals surface area contributed by atoms with Gasteiger partial charge < -0.3 is 31.9 Å². The summed E-state index contributed by atoms with van der Waals surface area (Å²) >= 11 is 0. The molecule has 0 fully saturated rings. The standard InChI is InChI=1S/C23H34N4O7/c1-13(2)11-17(26-21(31)16(24)9-10-19(28)29)22(32)25-14(3)20(30)27-18(23(33)34)12-15-7-5-4-6-8-15/h4-8,13-14,16-18H,9-12,24H2,1-3H3,(H,25,32)(H,26,31)(H,27,30)(H,28,29)(H,33,34)/t14-,16-,17-,18-/m0/s1. The number of aliphatic carboxylic acids is 2. The van der Waals surface area contributed by atoms with Crippen LogP contribution < -0.4 is 21.7 Å². The first-order valence-corrected chi connectivity index (χ1v) is 11.1. The molecular formula is C23H34N4O7. The van der Waals surface area contributed by atoms with Gasteiger partial charge in [0, 0.05) is 12.8 Å². The number of carboxylic acids is 2. The van der Waals surface area contributed by atoms with E-state index in [0.29, 0.717) is 0 Å². The van der Waals surface area contributed by atoms with E-state index in [0.717, 1.165) is 5.56 Å². The first-order valence-electron chi connectivity index (χ1n) is 11.1.